The first kappa shape index (κ1) is 23.3. The molecule has 7 nitrogen and oxygen atoms in total. The number of nitrogens with zero attached hydrogens (tertiary/aromatic N) is 1. The Morgan fingerprint density at radius 3 is 2.44 bits per heavy atom. The van der Waals surface area contributed by atoms with Crippen molar-refractivity contribution in [3.05, 3.63) is 64.9 Å². The molecule has 0 radical (unpaired) electrons. The average molecular weight is 454 g/mol. The molecule has 32 heavy (non-hydrogen) atoms. The number of methoxy groups -OCH3 is 1. The molecular weight excluding hydrogens is 426 g/mol. The number of hydrogen-bond donors (Lipinski definition) is 2. The Morgan fingerprint density at radius 1 is 1.12 bits per heavy atom. The molecule has 1 unspecified atom stereocenters. The number of nitrogens with one attached hydrogen (secondary N) is 2. The lowest BCUT2D eigenvalue weighted by Gasteiger charge is -2.35. The van der Waals surface area contributed by atoms with Gasteiger partial charge >= 0.3 is 0 Å². The smallest absolute Gasteiger partial charge is 0.262 e. The number of Topliss-reactive ketones (excluding diaryl/α,β-unsaturated/α-hetero) is 1. The lowest BCUT2D eigenvalue weighted by molar-refractivity contribution is -0.118. The number of ketones is 1. The molecule has 3 rings (SSSR count). The van der Waals surface area contributed by atoms with Crippen LogP contribution in [0.1, 0.15) is 31.0 Å². The second kappa shape index (κ2) is 9.82. The Labute approximate surface area is 193 Å². The molecule has 0 aliphatic carbocycles. The Bertz CT molecular complexity index is 1080. The number of ether oxygens (including phenoxy) is 2. The van der Waals surface area contributed by atoms with Crippen LogP contribution < -0.4 is 20.1 Å². The minimum absolute atomic E-state index is 0.0404. The molecule has 2 aromatic carbocycles. The third-order valence-corrected chi connectivity index (χ3v) is 5.74. The van der Waals surface area contributed by atoms with Crippen molar-refractivity contribution in [2.75, 3.05) is 26.1 Å². The normalized spacial score (nSPS) is 15.8. The van der Waals surface area contributed by atoms with Crippen LogP contribution in [0.2, 0.25) is 0 Å². The summed E-state index contributed by atoms with van der Waals surface area (Å²) < 4.78 is 11.2. The number of rotatable bonds is 7. The zero-order valence-electron chi connectivity index (χ0n) is 18.8. The van der Waals surface area contributed by atoms with Crippen LogP contribution >= 0.6 is 12.2 Å². The van der Waals surface area contributed by atoms with E-state index in [2.05, 4.69) is 10.6 Å². The monoisotopic (exact) mass is 453 g/mol. The Morgan fingerprint density at radius 2 is 1.81 bits per heavy atom. The molecule has 0 saturated carbocycles. The fraction of sp³-hybridized carbons (Fsp3) is 0.292. The molecular formula is C24H27N3O4S. The number of hydrogen-bond acceptors (Lipinski definition) is 5. The van der Waals surface area contributed by atoms with E-state index in [1.165, 1.54) is 14.0 Å². The Hall–Kier alpha value is -3.39. The van der Waals surface area contributed by atoms with Crippen molar-refractivity contribution in [2.45, 2.75) is 26.8 Å². The van der Waals surface area contributed by atoms with Crippen LogP contribution in [-0.4, -0.2) is 42.5 Å². The maximum absolute atomic E-state index is 12.3. The predicted molar refractivity (Wildman–Crippen MR) is 128 cm³/mol. The molecule has 0 bridgehead atoms. The molecule has 0 saturated heterocycles. The Balaban J connectivity index is 1.77. The summed E-state index contributed by atoms with van der Waals surface area (Å²) >= 11 is 5.41. The van der Waals surface area contributed by atoms with Gasteiger partial charge in [0.05, 0.1) is 13.2 Å². The number of allylic oxidation sites excluding steroid dienone is 1. The topological polar surface area (TPSA) is 79.9 Å². The first-order chi connectivity index (χ1) is 15.2. The van der Waals surface area contributed by atoms with E-state index in [1.54, 1.807) is 17.0 Å². The summed E-state index contributed by atoms with van der Waals surface area (Å²) in [6.45, 7) is 5.23. The van der Waals surface area contributed by atoms with E-state index < -0.39 is 6.04 Å². The summed E-state index contributed by atoms with van der Waals surface area (Å²) in [4.78, 5) is 26.4. The zero-order chi connectivity index (χ0) is 23.4. The van der Waals surface area contributed by atoms with Crippen LogP contribution in [0.5, 0.6) is 11.5 Å². The first-order valence-electron chi connectivity index (χ1n) is 10.1. The SMILES string of the molecule is COc1cc(C2NC(=S)N(C)C(C)=C2C(C)=O)ccc1OCC(=O)Nc1ccc(C)cc1. The molecule has 1 aliphatic heterocycles. The van der Waals surface area contributed by atoms with Crippen molar-refractivity contribution < 1.29 is 19.1 Å². The van der Waals surface area contributed by atoms with Crippen LogP contribution in [0.4, 0.5) is 5.69 Å². The number of anilines is 1. The molecule has 0 aromatic heterocycles. The van der Waals surface area contributed by atoms with Gasteiger partial charge in [-0.25, -0.2) is 0 Å². The van der Waals surface area contributed by atoms with Gasteiger partial charge in [-0.1, -0.05) is 23.8 Å². The van der Waals surface area contributed by atoms with Gasteiger partial charge in [-0.2, -0.15) is 0 Å². The van der Waals surface area contributed by atoms with Crippen LogP contribution in [0.25, 0.3) is 0 Å². The van der Waals surface area contributed by atoms with Gasteiger partial charge in [-0.3, -0.25) is 9.59 Å². The molecule has 2 N–H and O–H groups in total. The van der Waals surface area contributed by atoms with Gasteiger partial charge in [0.2, 0.25) is 0 Å². The van der Waals surface area contributed by atoms with Crippen molar-refractivity contribution in [3.8, 4) is 11.5 Å². The highest BCUT2D eigenvalue weighted by Gasteiger charge is 2.31. The quantitative estimate of drug-likeness (QED) is 0.618. The summed E-state index contributed by atoms with van der Waals surface area (Å²) in [5, 5.41) is 6.54. The highest BCUT2D eigenvalue weighted by atomic mass is 32.1. The molecule has 1 amide bonds. The van der Waals surface area contributed by atoms with Gasteiger partial charge in [0, 0.05) is 24.0 Å². The number of amides is 1. The van der Waals surface area contributed by atoms with E-state index in [1.807, 2.05) is 51.2 Å². The minimum atomic E-state index is -0.399. The number of carbonyl (C=O) groups is 2. The fourth-order valence-electron chi connectivity index (χ4n) is 3.50. The first-order valence-corrected chi connectivity index (χ1v) is 10.5. The molecule has 0 spiro atoms. The second-order valence-corrected chi connectivity index (χ2v) is 8.00. The highest BCUT2D eigenvalue weighted by Crippen LogP contribution is 2.35. The standard InChI is InChI=1S/C24H27N3O4S/c1-14-6-9-18(10-7-14)25-21(29)13-31-19-11-8-17(12-20(19)30-5)23-22(16(3)28)15(2)27(4)24(32)26-23/h6-12,23H,13H2,1-5H3,(H,25,29)(H,26,32). The average Bonchev–Trinajstić information content (AvgIpc) is 2.77. The molecule has 0 fully saturated rings. The van der Waals surface area contributed by atoms with Crippen molar-refractivity contribution in [2.24, 2.45) is 0 Å². The van der Waals surface area contributed by atoms with E-state index in [-0.39, 0.29) is 18.3 Å². The van der Waals surface area contributed by atoms with Crippen molar-refractivity contribution in [1.29, 1.82) is 0 Å². The summed E-state index contributed by atoms with van der Waals surface area (Å²) in [6, 6.07) is 12.5. The summed E-state index contributed by atoms with van der Waals surface area (Å²) in [7, 11) is 3.35. The minimum Gasteiger partial charge on any atom is -0.493 e. The second-order valence-electron chi connectivity index (χ2n) is 7.61. The Kier molecular flexibility index (Phi) is 7.15. The lowest BCUT2D eigenvalue weighted by atomic mass is 9.92. The van der Waals surface area contributed by atoms with Crippen molar-refractivity contribution >= 4 is 34.7 Å². The van der Waals surface area contributed by atoms with E-state index >= 15 is 0 Å². The maximum atomic E-state index is 12.3. The van der Waals surface area contributed by atoms with Gasteiger partial charge in [-0.05, 0) is 62.8 Å². The van der Waals surface area contributed by atoms with Crippen molar-refractivity contribution in [3.63, 3.8) is 0 Å². The summed E-state index contributed by atoms with van der Waals surface area (Å²) in [5.41, 5.74) is 4.06. The van der Waals surface area contributed by atoms with Gasteiger partial charge in [0.25, 0.3) is 5.91 Å². The number of carbonyl (C=O) groups excluding carboxylic acids is 2. The molecule has 168 valence electrons. The van der Waals surface area contributed by atoms with Crippen LogP contribution in [-0.2, 0) is 9.59 Å². The van der Waals surface area contributed by atoms with E-state index in [4.69, 9.17) is 21.7 Å². The number of benzene rings is 2. The zero-order valence-corrected chi connectivity index (χ0v) is 19.6. The van der Waals surface area contributed by atoms with Crippen LogP contribution in [0.15, 0.2) is 53.7 Å². The molecule has 1 heterocycles. The van der Waals surface area contributed by atoms with E-state index in [9.17, 15) is 9.59 Å². The molecule has 1 aliphatic rings. The fourth-order valence-corrected chi connectivity index (χ4v) is 3.76. The molecule has 8 heteroatoms. The van der Waals surface area contributed by atoms with Crippen LogP contribution in [0.3, 0.4) is 0 Å². The van der Waals surface area contributed by atoms with Crippen molar-refractivity contribution in [1.82, 2.24) is 10.2 Å². The van der Waals surface area contributed by atoms with E-state index in [0.717, 1.165) is 16.8 Å². The molecule has 1 atom stereocenters. The van der Waals surface area contributed by atoms with Gasteiger partial charge < -0.3 is 25.0 Å². The van der Waals surface area contributed by atoms with Crippen LogP contribution in [0, 0.1) is 6.92 Å². The molecule has 2 aromatic rings. The predicted octanol–water partition coefficient (Wildman–Crippen LogP) is 3.75. The van der Waals surface area contributed by atoms with Gasteiger partial charge in [-0.15, -0.1) is 0 Å². The largest absolute Gasteiger partial charge is 0.493 e. The van der Waals surface area contributed by atoms with Gasteiger partial charge in [0.1, 0.15) is 0 Å². The summed E-state index contributed by atoms with van der Waals surface area (Å²) in [5.74, 6) is 0.565. The van der Waals surface area contributed by atoms with Gasteiger partial charge in [0.15, 0.2) is 29.0 Å². The maximum Gasteiger partial charge on any atom is 0.262 e. The lowest BCUT2D eigenvalue weighted by Crippen LogP contribution is -2.45. The number of thiocarbonyl (C=S) groups is 1. The third-order valence-electron chi connectivity index (χ3n) is 5.35. The summed E-state index contributed by atoms with van der Waals surface area (Å²) in [6.07, 6.45) is 0. The van der Waals surface area contributed by atoms with E-state index in [0.29, 0.717) is 27.9 Å². The third kappa shape index (κ3) is 5.08. The highest BCUT2D eigenvalue weighted by molar-refractivity contribution is 7.80. The number of aryl methyl sites for hydroxylation is 1.